The van der Waals surface area contributed by atoms with Gasteiger partial charge in [0.15, 0.2) is 0 Å². The van der Waals surface area contributed by atoms with Gasteiger partial charge in [0.2, 0.25) is 5.91 Å². The zero-order valence-corrected chi connectivity index (χ0v) is 17.7. The lowest BCUT2D eigenvalue weighted by molar-refractivity contribution is -0.130. The number of carbonyl (C=O) groups excluding carboxylic acids is 1. The molecule has 2 aromatic carbocycles. The van der Waals surface area contributed by atoms with E-state index in [0.717, 1.165) is 23.3 Å². The van der Waals surface area contributed by atoms with Gasteiger partial charge >= 0.3 is 0 Å². The maximum Gasteiger partial charge on any atom is 0.226 e. The summed E-state index contributed by atoms with van der Waals surface area (Å²) in [6, 6.07) is 13.1. The van der Waals surface area contributed by atoms with Crippen LogP contribution in [0.2, 0.25) is 5.02 Å². The number of hydrogen-bond acceptors (Lipinski definition) is 4. The Kier molecular flexibility index (Phi) is 7.04. The molecule has 0 bridgehead atoms. The van der Waals surface area contributed by atoms with Gasteiger partial charge in [-0.2, -0.15) is 0 Å². The van der Waals surface area contributed by atoms with Crippen molar-refractivity contribution in [3.8, 4) is 11.5 Å². The van der Waals surface area contributed by atoms with Crippen LogP contribution >= 0.6 is 11.6 Å². The minimum Gasteiger partial charge on any atom is -0.497 e. The molecule has 0 spiro atoms. The van der Waals surface area contributed by atoms with Crippen molar-refractivity contribution in [2.45, 2.75) is 38.2 Å². The Morgan fingerprint density at radius 1 is 1.21 bits per heavy atom. The fourth-order valence-electron chi connectivity index (χ4n) is 3.57. The lowest BCUT2D eigenvalue weighted by Crippen LogP contribution is -2.38. The first kappa shape index (κ1) is 21.5. The maximum absolute atomic E-state index is 12.7. The average Bonchev–Trinajstić information content (AvgIpc) is 2.91. The molecular weight excluding hydrogens is 390 g/mol. The van der Waals surface area contributed by atoms with E-state index in [1.807, 2.05) is 48.2 Å². The van der Waals surface area contributed by atoms with E-state index in [4.69, 9.17) is 21.1 Å². The molecule has 1 fully saturated rings. The van der Waals surface area contributed by atoms with Gasteiger partial charge in [-0.05, 0) is 61.6 Å². The first-order chi connectivity index (χ1) is 13.9. The summed E-state index contributed by atoms with van der Waals surface area (Å²) in [5.41, 5.74) is 0.996. The third kappa shape index (κ3) is 5.87. The Morgan fingerprint density at radius 3 is 2.83 bits per heavy atom. The standard InChI is InChI=1S/C23H28ClNO4/c1-17-7-8-20(24)21(13-17)29-16-23(27)9-4-11-25(12-10-23)22(26)15-18-5-3-6-19(14-18)28-2/h3,5-8,13-14,27H,4,9-12,15-16H2,1-2H3. The van der Waals surface area contributed by atoms with Crippen molar-refractivity contribution in [1.29, 1.82) is 0 Å². The summed E-state index contributed by atoms with van der Waals surface area (Å²) in [6.45, 7) is 3.27. The highest BCUT2D eigenvalue weighted by atomic mass is 35.5. The van der Waals surface area contributed by atoms with Gasteiger partial charge < -0.3 is 19.5 Å². The molecule has 1 unspecified atom stereocenters. The van der Waals surface area contributed by atoms with Crippen molar-refractivity contribution in [3.05, 3.63) is 58.6 Å². The van der Waals surface area contributed by atoms with E-state index in [0.29, 0.717) is 43.1 Å². The van der Waals surface area contributed by atoms with Crippen molar-refractivity contribution in [2.24, 2.45) is 0 Å². The van der Waals surface area contributed by atoms with E-state index in [2.05, 4.69) is 0 Å². The van der Waals surface area contributed by atoms with Gasteiger partial charge in [-0.15, -0.1) is 0 Å². The topological polar surface area (TPSA) is 59.0 Å². The molecule has 1 amide bonds. The normalized spacial score (nSPS) is 19.5. The van der Waals surface area contributed by atoms with Gasteiger partial charge in [-0.25, -0.2) is 0 Å². The molecule has 1 N–H and O–H groups in total. The van der Waals surface area contributed by atoms with Crippen LogP contribution < -0.4 is 9.47 Å². The van der Waals surface area contributed by atoms with Gasteiger partial charge in [0.05, 0.1) is 18.6 Å². The Balaban J connectivity index is 1.57. The molecule has 3 rings (SSSR count). The van der Waals surface area contributed by atoms with Crippen LogP contribution in [-0.4, -0.2) is 48.3 Å². The zero-order valence-electron chi connectivity index (χ0n) is 17.0. The lowest BCUT2D eigenvalue weighted by atomic mass is 9.96. The van der Waals surface area contributed by atoms with Crippen molar-refractivity contribution in [1.82, 2.24) is 4.90 Å². The molecule has 5 nitrogen and oxygen atoms in total. The van der Waals surface area contributed by atoms with Crippen LogP contribution in [0.3, 0.4) is 0 Å². The number of hydrogen-bond donors (Lipinski definition) is 1. The van der Waals surface area contributed by atoms with Crippen LogP contribution in [0.5, 0.6) is 11.5 Å². The predicted octanol–water partition coefficient (Wildman–Crippen LogP) is 4.02. The summed E-state index contributed by atoms with van der Waals surface area (Å²) in [7, 11) is 1.61. The number of methoxy groups -OCH3 is 1. The summed E-state index contributed by atoms with van der Waals surface area (Å²) in [5.74, 6) is 1.38. The molecule has 1 saturated heterocycles. The highest BCUT2D eigenvalue weighted by Gasteiger charge is 2.32. The number of amides is 1. The smallest absolute Gasteiger partial charge is 0.226 e. The molecule has 1 aliphatic heterocycles. The summed E-state index contributed by atoms with van der Waals surface area (Å²) < 4.78 is 11.1. The lowest BCUT2D eigenvalue weighted by Gasteiger charge is -2.27. The number of rotatable bonds is 6. The Morgan fingerprint density at radius 2 is 2.03 bits per heavy atom. The minimum absolute atomic E-state index is 0.0603. The molecule has 0 aliphatic carbocycles. The fourth-order valence-corrected chi connectivity index (χ4v) is 3.75. The molecule has 2 aromatic rings. The quantitative estimate of drug-likeness (QED) is 0.771. The van der Waals surface area contributed by atoms with E-state index in [1.54, 1.807) is 13.2 Å². The molecule has 29 heavy (non-hydrogen) atoms. The Bertz CT molecular complexity index is 857. The minimum atomic E-state index is -0.974. The zero-order chi connectivity index (χ0) is 20.9. The summed E-state index contributed by atoms with van der Waals surface area (Å²) in [5, 5.41) is 11.5. The van der Waals surface area contributed by atoms with Crippen molar-refractivity contribution in [2.75, 3.05) is 26.8 Å². The van der Waals surface area contributed by atoms with Crippen LogP contribution in [0.25, 0.3) is 0 Å². The molecule has 1 atom stereocenters. The molecule has 1 aliphatic rings. The van der Waals surface area contributed by atoms with Crippen LogP contribution in [0, 0.1) is 6.92 Å². The summed E-state index contributed by atoms with van der Waals surface area (Å²) in [4.78, 5) is 14.6. The second-order valence-corrected chi connectivity index (χ2v) is 8.12. The van der Waals surface area contributed by atoms with Crippen LogP contribution in [0.15, 0.2) is 42.5 Å². The second-order valence-electron chi connectivity index (χ2n) is 7.71. The van der Waals surface area contributed by atoms with Gasteiger partial charge in [-0.3, -0.25) is 4.79 Å². The molecular formula is C23H28ClNO4. The first-order valence-electron chi connectivity index (χ1n) is 9.91. The Labute approximate surface area is 177 Å². The van der Waals surface area contributed by atoms with E-state index in [1.165, 1.54) is 0 Å². The highest BCUT2D eigenvalue weighted by molar-refractivity contribution is 6.32. The average molecular weight is 418 g/mol. The molecule has 1 heterocycles. The number of ether oxygens (including phenoxy) is 2. The van der Waals surface area contributed by atoms with Crippen molar-refractivity contribution in [3.63, 3.8) is 0 Å². The largest absolute Gasteiger partial charge is 0.497 e. The van der Waals surface area contributed by atoms with E-state index >= 15 is 0 Å². The summed E-state index contributed by atoms with van der Waals surface area (Å²) in [6.07, 6.45) is 2.11. The number of likely N-dealkylation sites (tertiary alicyclic amines) is 1. The fraction of sp³-hybridized carbons (Fsp3) is 0.435. The first-order valence-corrected chi connectivity index (χ1v) is 10.3. The monoisotopic (exact) mass is 417 g/mol. The number of carbonyl (C=O) groups is 1. The third-order valence-electron chi connectivity index (χ3n) is 5.34. The van der Waals surface area contributed by atoms with Gasteiger partial charge in [-0.1, -0.05) is 29.8 Å². The molecule has 6 heteroatoms. The molecule has 0 saturated carbocycles. The van der Waals surface area contributed by atoms with E-state index < -0.39 is 5.60 Å². The highest BCUT2D eigenvalue weighted by Crippen LogP contribution is 2.29. The van der Waals surface area contributed by atoms with E-state index in [-0.39, 0.29) is 12.5 Å². The van der Waals surface area contributed by atoms with Gasteiger partial charge in [0.1, 0.15) is 23.7 Å². The number of halogens is 1. The van der Waals surface area contributed by atoms with Crippen LogP contribution in [0.1, 0.15) is 30.4 Å². The van der Waals surface area contributed by atoms with Gasteiger partial charge in [0.25, 0.3) is 0 Å². The number of aliphatic hydroxyl groups is 1. The van der Waals surface area contributed by atoms with Crippen molar-refractivity contribution >= 4 is 17.5 Å². The third-order valence-corrected chi connectivity index (χ3v) is 5.65. The number of benzene rings is 2. The predicted molar refractivity (Wildman–Crippen MR) is 114 cm³/mol. The van der Waals surface area contributed by atoms with E-state index in [9.17, 15) is 9.90 Å². The number of nitrogens with zero attached hydrogens (tertiary/aromatic N) is 1. The molecule has 156 valence electrons. The van der Waals surface area contributed by atoms with Gasteiger partial charge in [0, 0.05) is 13.1 Å². The second kappa shape index (κ2) is 9.51. The summed E-state index contributed by atoms with van der Waals surface area (Å²) >= 11 is 6.19. The van der Waals surface area contributed by atoms with Crippen molar-refractivity contribution < 1.29 is 19.4 Å². The number of aryl methyl sites for hydroxylation is 1. The van der Waals surface area contributed by atoms with Crippen LogP contribution in [0.4, 0.5) is 0 Å². The maximum atomic E-state index is 12.7. The molecule has 0 radical (unpaired) electrons. The SMILES string of the molecule is COc1cccc(CC(=O)N2CCCC(O)(COc3cc(C)ccc3Cl)CC2)c1. The Hall–Kier alpha value is -2.24. The molecule has 0 aromatic heterocycles. The van der Waals surface area contributed by atoms with Crippen LogP contribution in [-0.2, 0) is 11.2 Å².